The highest BCUT2D eigenvalue weighted by molar-refractivity contribution is 5.96. The summed E-state index contributed by atoms with van der Waals surface area (Å²) < 4.78 is 5.36. The maximum absolute atomic E-state index is 11.1. The van der Waals surface area contributed by atoms with Crippen LogP contribution in [0.5, 0.6) is 5.75 Å². The topological polar surface area (TPSA) is 62.7 Å². The van der Waals surface area contributed by atoms with E-state index in [4.69, 9.17) is 9.84 Å². The van der Waals surface area contributed by atoms with Gasteiger partial charge in [0.15, 0.2) is 0 Å². The van der Waals surface area contributed by atoms with Crippen molar-refractivity contribution in [3.8, 4) is 5.75 Å². The van der Waals surface area contributed by atoms with Gasteiger partial charge in [0, 0.05) is 23.5 Å². The predicted octanol–water partition coefficient (Wildman–Crippen LogP) is 2.79. The molecule has 1 N–H and O–H groups in total. The number of nitrogens with zero attached hydrogens (tertiary/aromatic N) is 2. The van der Waals surface area contributed by atoms with Crippen LogP contribution in [0.2, 0.25) is 0 Å². The molecule has 0 aliphatic carbocycles. The number of carboxylic acids is 1. The van der Waals surface area contributed by atoms with Crippen LogP contribution in [0, 0.1) is 5.92 Å². The monoisotopic (exact) mass is 288 g/mol. The molecular weight excluding hydrogens is 268 g/mol. The summed E-state index contributed by atoms with van der Waals surface area (Å²) in [5, 5.41) is 11.0. The number of methoxy groups -OCH3 is 1. The number of carboxylic acid groups (broad SMARTS) is 1. The quantitative estimate of drug-likeness (QED) is 0.885. The number of hydrogen-bond donors (Lipinski definition) is 1. The van der Waals surface area contributed by atoms with Gasteiger partial charge in [-0.25, -0.2) is 4.98 Å². The lowest BCUT2D eigenvalue weighted by molar-refractivity contribution is -0.135. The average molecular weight is 288 g/mol. The summed E-state index contributed by atoms with van der Waals surface area (Å²) in [5.74, 6) is 0.919. The third kappa shape index (κ3) is 3.42. The van der Waals surface area contributed by atoms with Gasteiger partial charge in [-0.3, -0.25) is 4.79 Å². The fourth-order valence-electron chi connectivity index (χ4n) is 2.42. The summed E-state index contributed by atoms with van der Waals surface area (Å²) in [6, 6.07) is 7.60. The molecule has 0 fully saturated rings. The first kappa shape index (κ1) is 15.1. The van der Waals surface area contributed by atoms with E-state index in [1.54, 1.807) is 18.2 Å². The van der Waals surface area contributed by atoms with E-state index >= 15 is 0 Å². The fourth-order valence-corrected chi connectivity index (χ4v) is 2.42. The molecule has 5 nitrogen and oxygen atoms in total. The van der Waals surface area contributed by atoms with E-state index in [2.05, 4.69) is 18.8 Å². The number of anilines is 1. The number of aromatic nitrogens is 1. The number of benzene rings is 1. The second-order valence-corrected chi connectivity index (χ2v) is 5.36. The minimum absolute atomic E-state index is 0.0680. The van der Waals surface area contributed by atoms with E-state index in [0.717, 1.165) is 16.5 Å². The van der Waals surface area contributed by atoms with Gasteiger partial charge < -0.3 is 14.7 Å². The van der Waals surface area contributed by atoms with Crippen molar-refractivity contribution in [1.82, 2.24) is 4.98 Å². The van der Waals surface area contributed by atoms with Gasteiger partial charge >= 0.3 is 5.97 Å². The first-order valence-electron chi connectivity index (χ1n) is 6.91. The van der Waals surface area contributed by atoms with Crippen molar-refractivity contribution >= 4 is 22.6 Å². The summed E-state index contributed by atoms with van der Waals surface area (Å²) in [4.78, 5) is 17.3. The van der Waals surface area contributed by atoms with E-state index in [-0.39, 0.29) is 6.54 Å². The normalized spacial score (nSPS) is 10.9. The second kappa shape index (κ2) is 6.43. The van der Waals surface area contributed by atoms with Crippen LogP contribution in [0.3, 0.4) is 0 Å². The van der Waals surface area contributed by atoms with Gasteiger partial charge in [0.05, 0.1) is 7.11 Å². The summed E-state index contributed by atoms with van der Waals surface area (Å²) in [6.45, 7) is 4.68. The number of fused-ring (bicyclic) bond motifs is 1. The van der Waals surface area contributed by atoms with E-state index in [0.29, 0.717) is 18.3 Å². The molecule has 0 amide bonds. The minimum Gasteiger partial charge on any atom is -0.496 e. The molecule has 0 bridgehead atoms. The molecule has 21 heavy (non-hydrogen) atoms. The summed E-state index contributed by atoms with van der Waals surface area (Å²) in [7, 11) is 1.62. The molecule has 0 aliphatic rings. The molecule has 1 aromatic heterocycles. The van der Waals surface area contributed by atoms with Gasteiger partial charge in [-0.2, -0.15) is 0 Å². The molecule has 0 radical (unpaired) electrons. The predicted molar refractivity (Wildman–Crippen MR) is 83.0 cm³/mol. The molecule has 1 heterocycles. The molecular formula is C16H20N2O3. The van der Waals surface area contributed by atoms with Crippen molar-refractivity contribution < 1.29 is 14.6 Å². The highest BCUT2D eigenvalue weighted by atomic mass is 16.5. The first-order chi connectivity index (χ1) is 10.0. The minimum atomic E-state index is -0.864. The Bertz CT molecular complexity index is 640. The van der Waals surface area contributed by atoms with Gasteiger partial charge in [0.2, 0.25) is 0 Å². The molecule has 0 spiro atoms. The molecule has 2 aromatic rings. The maximum atomic E-state index is 11.1. The molecule has 0 unspecified atom stereocenters. The smallest absolute Gasteiger partial charge is 0.323 e. The van der Waals surface area contributed by atoms with Gasteiger partial charge in [-0.1, -0.05) is 26.0 Å². The molecule has 1 aromatic carbocycles. The highest BCUT2D eigenvalue weighted by Gasteiger charge is 2.17. The molecule has 0 saturated heterocycles. The summed E-state index contributed by atoms with van der Waals surface area (Å²) in [6.07, 6.45) is 1.69. The second-order valence-electron chi connectivity index (χ2n) is 5.36. The van der Waals surface area contributed by atoms with Crippen LogP contribution in [-0.2, 0) is 4.79 Å². The van der Waals surface area contributed by atoms with Gasteiger partial charge in [0.25, 0.3) is 0 Å². The Hall–Kier alpha value is -2.30. The number of carbonyl (C=O) groups is 1. The van der Waals surface area contributed by atoms with Crippen LogP contribution in [0.4, 0.5) is 5.82 Å². The zero-order valence-electron chi connectivity index (χ0n) is 12.5. The zero-order chi connectivity index (χ0) is 15.4. The van der Waals surface area contributed by atoms with E-state index in [1.165, 1.54) is 0 Å². The van der Waals surface area contributed by atoms with Crippen molar-refractivity contribution in [1.29, 1.82) is 0 Å². The van der Waals surface area contributed by atoms with Crippen LogP contribution in [0.15, 0.2) is 30.5 Å². The van der Waals surface area contributed by atoms with Gasteiger partial charge in [0.1, 0.15) is 18.1 Å². The van der Waals surface area contributed by atoms with Crippen LogP contribution in [-0.4, -0.2) is 36.3 Å². The lowest BCUT2D eigenvalue weighted by atomic mass is 10.1. The maximum Gasteiger partial charge on any atom is 0.323 e. The van der Waals surface area contributed by atoms with Crippen LogP contribution >= 0.6 is 0 Å². The average Bonchev–Trinajstić information content (AvgIpc) is 2.44. The molecule has 5 heteroatoms. The van der Waals surface area contributed by atoms with Crippen LogP contribution < -0.4 is 9.64 Å². The van der Waals surface area contributed by atoms with Crippen molar-refractivity contribution in [2.24, 2.45) is 5.92 Å². The Morgan fingerprint density at radius 3 is 2.71 bits per heavy atom. The number of hydrogen-bond acceptors (Lipinski definition) is 4. The molecule has 112 valence electrons. The Morgan fingerprint density at radius 1 is 1.33 bits per heavy atom. The van der Waals surface area contributed by atoms with E-state index in [1.807, 2.05) is 24.3 Å². The lowest BCUT2D eigenvalue weighted by Crippen LogP contribution is -2.33. The third-order valence-corrected chi connectivity index (χ3v) is 3.18. The van der Waals surface area contributed by atoms with E-state index < -0.39 is 5.97 Å². The van der Waals surface area contributed by atoms with Crippen molar-refractivity contribution in [2.45, 2.75) is 13.8 Å². The number of ether oxygens (including phenoxy) is 1. The fraction of sp³-hybridized carbons (Fsp3) is 0.375. The molecule has 0 saturated carbocycles. The van der Waals surface area contributed by atoms with Crippen molar-refractivity contribution in [2.75, 3.05) is 25.1 Å². The van der Waals surface area contributed by atoms with Crippen molar-refractivity contribution in [3.05, 3.63) is 30.5 Å². The zero-order valence-corrected chi connectivity index (χ0v) is 12.5. The molecule has 0 atom stereocenters. The number of rotatable bonds is 6. The van der Waals surface area contributed by atoms with E-state index in [9.17, 15) is 4.79 Å². The third-order valence-electron chi connectivity index (χ3n) is 3.18. The van der Waals surface area contributed by atoms with Gasteiger partial charge in [-0.15, -0.1) is 0 Å². The van der Waals surface area contributed by atoms with Gasteiger partial charge in [-0.05, 0) is 18.1 Å². The number of pyridine rings is 1. The van der Waals surface area contributed by atoms with Crippen LogP contribution in [0.1, 0.15) is 13.8 Å². The SMILES string of the molecule is COc1cccc2c(N(CC(=O)O)CC(C)C)nccc12. The first-order valence-corrected chi connectivity index (χ1v) is 6.91. The lowest BCUT2D eigenvalue weighted by Gasteiger charge is -2.25. The number of aliphatic carboxylic acids is 1. The summed E-state index contributed by atoms with van der Waals surface area (Å²) >= 11 is 0. The Kier molecular flexibility index (Phi) is 4.62. The van der Waals surface area contributed by atoms with Crippen molar-refractivity contribution in [3.63, 3.8) is 0 Å². The standard InChI is InChI=1S/C16H20N2O3/c1-11(2)9-18(10-15(19)20)16-13-5-4-6-14(21-3)12(13)7-8-17-16/h4-8,11H,9-10H2,1-3H3,(H,19,20). The molecule has 2 rings (SSSR count). The Morgan fingerprint density at radius 2 is 2.10 bits per heavy atom. The largest absolute Gasteiger partial charge is 0.496 e. The Labute approximate surface area is 124 Å². The van der Waals surface area contributed by atoms with Crippen LogP contribution in [0.25, 0.3) is 10.8 Å². The highest BCUT2D eigenvalue weighted by Crippen LogP contribution is 2.31. The summed E-state index contributed by atoms with van der Waals surface area (Å²) in [5.41, 5.74) is 0. The Balaban J connectivity index is 2.54. The molecule has 0 aliphatic heterocycles.